The van der Waals surface area contributed by atoms with E-state index in [4.69, 9.17) is 15.0 Å². The lowest BCUT2D eigenvalue weighted by molar-refractivity contribution is 0.0527. The van der Waals surface area contributed by atoms with Crippen molar-refractivity contribution >= 4 is 16.2 Å². The normalized spacial score (nSPS) is 11.3. The fourth-order valence-corrected chi connectivity index (χ4v) is 2.14. The van der Waals surface area contributed by atoms with Crippen LogP contribution >= 0.6 is 0 Å². The smallest absolute Gasteiger partial charge is 0.407 e. The van der Waals surface area contributed by atoms with E-state index in [1.807, 2.05) is 27.7 Å². The lowest BCUT2D eigenvalue weighted by atomic mass is 10.2. The van der Waals surface area contributed by atoms with Gasteiger partial charge in [-0.3, -0.25) is 4.55 Å². The van der Waals surface area contributed by atoms with Crippen molar-refractivity contribution in [3.63, 3.8) is 0 Å². The summed E-state index contributed by atoms with van der Waals surface area (Å²) >= 11 is 0. The number of carbonyl (C=O) groups excluding carboxylic acids is 1. The summed E-state index contributed by atoms with van der Waals surface area (Å²) in [5, 5.41) is 2.70. The third-order valence-electron chi connectivity index (χ3n) is 2.87. The first-order valence-corrected chi connectivity index (χ1v) is 9.61. The van der Waals surface area contributed by atoms with Gasteiger partial charge in [-0.2, -0.15) is 8.42 Å². The SMILES string of the molecule is CC(C)(C)OC(=O)NCCCCCN.Cc1ccc(S(=O)(=O)O)cc1. The average molecular weight is 375 g/mol. The van der Waals surface area contributed by atoms with Crippen molar-refractivity contribution < 1.29 is 22.5 Å². The quantitative estimate of drug-likeness (QED) is 0.520. The van der Waals surface area contributed by atoms with Gasteiger partial charge in [0.2, 0.25) is 0 Å². The van der Waals surface area contributed by atoms with Gasteiger partial charge in [-0.05, 0) is 59.2 Å². The highest BCUT2D eigenvalue weighted by atomic mass is 32.2. The number of benzene rings is 1. The van der Waals surface area contributed by atoms with Crippen LogP contribution in [0, 0.1) is 6.92 Å². The van der Waals surface area contributed by atoms with Crippen molar-refractivity contribution in [2.75, 3.05) is 13.1 Å². The Morgan fingerprint density at radius 2 is 1.72 bits per heavy atom. The summed E-state index contributed by atoms with van der Waals surface area (Å²) in [6.45, 7) is 8.76. The van der Waals surface area contributed by atoms with Gasteiger partial charge >= 0.3 is 6.09 Å². The van der Waals surface area contributed by atoms with Crippen LogP contribution in [0.3, 0.4) is 0 Å². The van der Waals surface area contributed by atoms with E-state index in [0.717, 1.165) is 24.8 Å². The van der Waals surface area contributed by atoms with Crippen molar-refractivity contribution in [1.29, 1.82) is 0 Å². The number of hydrogen-bond acceptors (Lipinski definition) is 5. The Kier molecular flexibility index (Phi) is 10.3. The zero-order valence-corrected chi connectivity index (χ0v) is 16.2. The minimum Gasteiger partial charge on any atom is -0.444 e. The molecule has 144 valence electrons. The average Bonchev–Trinajstić information content (AvgIpc) is 2.45. The molecule has 0 spiro atoms. The molecule has 0 aliphatic carbocycles. The third kappa shape index (κ3) is 13.3. The first kappa shape index (κ1) is 23.4. The fraction of sp³-hybridized carbons (Fsp3) is 0.588. The molecule has 25 heavy (non-hydrogen) atoms. The van der Waals surface area contributed by atoms with Crippen molar-refractivity contribution in [2.45, 2.75) is 57.5 Å². The molecule has 7 nitrogen and oxygen atoms in total. The van der Waals surface area contributed by atoms with Gasteiger partial charge in [0.1, 0.15) is 5.60 Å². The predicted molar refractivity (Wildman–Crippen MR) is 98.1 cm³/mol. The molecule has 1 rings (SSSR count). The first-order chi connectivity index (χ1) is 11.5. The van der Waals surface area contributed by atoms with Gasteiger partial charge in [-0.25, -0.2) is 4.79 Å². The molecule has 1 amide bonds. The van der Waals surface area contributed by atoms with E-state index in [2.05, 4.69) is 5.32 Å². The molecular formula is C17H30N2O5S. The van der Waals surface area contributed by atoms with Crippen LogP contribution in [0.2, 0.25) is 0 Å². The van der Waals surface area contributed by atoms with Gasteiger partial charge in [0.25, 0.3) is 10.1 Å². The number of hydrogen-bond donors (Lipinski definition) is 3. The number of rotatable bonds is 6. The molecule has 0 bridgehead atoms. The minimum atomic E-state index is -4.02. The van der Waals surface area contributed by atoms with E-state index >= 15 is 0 Å². The molecule has 1 aromatic carbocycles. The van der Waals surface area contributed by atoms with Gasteiger partial charge in [0, 0.05) is 6.54 Å². The first-order valence-electron chi connectivity index (χ1n) is 8.17. The monoisotopic (exact) mass is 374 g/mol. The Morgan fingerprint density at radius 3 is 2.16 bits per heavy atom. The van der Waals surface area contributed by atoms with Crippen LogP contribution in [-0.4, -0.2) is 37.8 Å². The maximum absolute atomic E-state index is 11.1. The number of carbonyl (C=O) groups is 1. The van der Waals surface area contributed by atoms with Gasteiger partial charge in [-0.15, -0.1) is 0 Å². The highest BCUT2D eigenvalue weighted by molar-refractivity contribution is 7.85. The van der Waals surface area contributed by atoms with E-state index in [1.54, 1.807) is 12.1 Å². The second kappa shape index (κ2) is 11.1. The van der Waals surface area contributed by atoms with E-state index < -0.39 is 15.7 Å². The maximum Gasteiger partial charge on any atom is 0.407 e. The molecule has 0 fully saturated rings. The Balaban J connectivity index is 0.000000472. The maximum atomic E-state index is 11.1. The number of ether oxygens (including phenoxy) is 1. The molecule has 0 heterocycles. The second-order valence-electron chi connectivity index (χ2n) is 6.57. The van der Waals surface area contributed by atoms with Crippen molar-refractivity contribution in [2.24, 2.45) is 5.73 Å². The van der Waals surface area contributed by atoms with Crippen LogP contribution in [0.4, 0.5) is 4.79 Å². The van der Waals surface area contributed by atoms with E-state index in [-0.39, 0.29) is 11.0 Å². The topological polar surface area (TPSA) is 119 Å². The molecule has 1 aromatic rings. The molecule has 4 N–H and O–H groups in total. The van der Waals surface area contributed by atoms with Crippen molar-refractivity contribution in [3.8, 4) is 0 Å². The minimum absolute atomic E-state index is 0.0666. The predicted octanol–water partition coefficient (Wildman–Crippen LogP) is 2.88. The molecule has 8 heteroatoms. The number of nitrogens with two attached hydrogens (primary N) is 1. The molecular weight excluding hydrogens is 344 g/mol. The van der Waals surface area contributed by atoms with Crippen LogP contribution in [0.25, 0.3) is 0 Å². The van der Waals surface area contributed by atoms with E-state index in [9.17, 15) is 13.2 Å². The number of aryl methyl sites for hydroxylation is 1. The molecule has 0 unspecified atom stereocenters. The lowest BCUT2D eigenvalue weighted by Gasteiger charge is -2.19. The van der Waals surface area contributed by atoms with Crippen LogP contribution in [0.5, 0.6) is 0 Å². The fourth-order valence-electron chi connectivity index (χ4n) is 1.66. The molecule has 0 aromatic heterocycles. The number of alkyl carbamates (subject to hydrolysis) is 1. The van der Waals surface area contributed by atoms with Gasteiger partial charge in [-0.1, -0.05) is 24.1 Å². The molecule has 0 radical (unpaired) electrons. The van der Waals surface area contributed by atoms with Gasteiger partial charge < -0.3 is 15.8 Å². The lowest BCUT2D eigenvalue weighted by Crippen LogP contribution is -2.33. The molecule has 0 saturated heterocycles. The van der Waals surface area contributed by atoms with Crippen LogP contribution in [-0.2, 0) is 14.9 Å². The Bertz CT molecular complexity index is 607. The van der Waals surface area contributed by atoms with Crippen LogP contribution < -0.4 is 11.1 Å². The van der Waals surface area contributed by atoms with E-state index in [1.165, 1.54) is 12.1 Å². The Morgan fingerprint density at radius 1 is 1.16 bits per heavy atom. The number of nitrogens with one attached hydrogen (secondary N) is 1. The molecule has 0 saturated carbocycles. The van der Waals surface area contributed by atoms with Gasteiger partial charge in [0.05, 0.1) is 4.90 Å². The highest BCUT2D eigenvalue weighted by Crippen LogP contribution is 2.08. The standard InChI is InChI=1S/C10H22N2O2.C7H8O3S/c1-10(2,3)14-9(13)12-8-6-4-5-7-11;1-6-2-4-7(5-3-6)11(8,9)10/h4-8,11H2,1-3H3,(H,12,13);2-5H,1H3,(H,8,9,10). The summed E-state index contributed by atoms with van der Waals surface area (Å²) < 4.78 is 34.6. The Hall–Kier alpha value is -1.64. The Labute approximate surface area is 150 Å². The second-order valence-corrected chi connectivity index (χ2v) is 7.99. The van der Waals surface area contributed by atoms with E-state index in [0.29, 0.717) is 13.1 Å². The largest absolute Gasteiger partial charge is 0.444 e. The summed E-state index contributed by atoms with van der Waals surface area (Å²) in [4.78, 5) is 11.1. The zero-order valence-electron chi connectivity index (χ0n) is 15.4. The summed E-state index contributed by atoms with van der Waals surface area (Å²) in [5.41, 5.74) is 5.88. The number of unbranched alkanes of at least 4 members (excludes halogenated alkanes) is 2. The zero-order chi connectivity index (χ0) is 19.5. The summed E-state index contributed by atoms with van der Waals surface area (Å²) in [6.07, 6.45) is 2.67. The van der Waals surface area contributed by atoms with Crippen LogP contribution in [0.1, 0.15) is 45.6 Å². The number of amides is 1. The molecule has 0 atom stereocenters. The third-order valence-corrected chi connectivity index (χ3v) is 3.74. The van der Waals surface area contributed by atoms with Crippen molar-refractivity contribution in [1.82, 2.24) is 5.32 Å². The van der Waals surface area contributed by atoms with Crippen molar-refractivity contribution in [3.05, 3.63) is 29.8 Å². The molecule has 0 aliphatic heterocycles. The summed E-state index contributed by atoms with van der Waals surface area (Å²) in [7, 11) is -4.02. The molecule has 0 aliphatic rings. The highest BCUT2D eigenvalue weighted by Gasteiger charge is 2.15. The van der Waals surface area contributed by atoms with Crippen LogP contribution in [0.15, 0.2) is 29.2 Å². The van der Waals surface area contributed by atoms with Gasteiger partial charge in [0.15, 0.2) is 0 Å². The summed E-state index contributed by atoms with van der Waals surface area (Å²) in [5.74, 6) is 0. The summed E-state index contributed by atoms with van der Waals surface area (Å²) in [6, 6.07) is 5.99.